The first kappa shape index (κ1) is 15.3. The van der Waals surface area contributed by atoms with Crippen molar-refractivity contribution in [2.24, 2.45) is 17.1 Å². The summed E-state index contributed by atoms with van der Waals surface area (Å²) in [4.78, 5) is 2.83. The van der Waals surface area contributed by atoms with E-state index in [9.17, 15) is 0 Å². The minimum atomic E-state index is 0.303. The van der Waals surface area contributed by atoms with Crippen molar-refractivity contribution in [3.8, 4) is 0 Å². The van der Waals surface area contributed by atoms with Crippen LogP contribution in [0.15, 0.2) is 0 Å². The van der Waals surface area contributed by atoms with Gasteiger partial charge in [-0.15, -0.1) is 0 Å². The minimum Gasteiger partial charge on any atom is -0.329 e. The van der Waals surface area contributed by atoms with Gasteiger partial charge in [-0.25, -0.2) is 0 Å². The van der Waals surface area contributed by atoms with E-state index in [1.807, 2.05) is 0 Å². The molecule has 19 heavy (non-hydrogen) atoms. The van der Waals surface area contributed by atoms with Crippen LogP contribution < -0.4 is 5.73 Å². The topological polar surface area (TPSA) is 29.3 Å². The molecule has 2 rings (SSSR count). The second-order valence-electron chi connectivity index (χ2n) is 8.23. The van der Waals surface area contributed by atoms with Crippen molar-refractivity contribution < 1.29 is 0 Å². The molecular formula is C17H34N2. The monoisotopic (exact) mass is 266 g/mol. The van der Waals surface area contributed by atoms with Crippen LogP contribution in [0.4, 0.5) is 0 Å². The van der Waals surface area contributed by atoms with E-state index in [-0.39, 0.29) is 0 Å². The Morgan fingerprint density at radius 2 is 1.89 bits per heavy atom. The summed E-state index contributed by atoms with van der Waals surface area (Å²) in [6.45, 7) is 11.7. The molecular weight excluding hydrogens is 232 g/mol. The molecule has 2 aliphatic rings. The molecule has 0 aromatic heterocycles. The van der Waals surface area contributed by atoms with Gasteiger partial charge >= 0.3 is 0 Å². The van der Waals surface area contributed by atoms with E-state index in [4.69, 9.17) is 5.73 Å². The number of nitrogens with zero attached hydrogens (tertiary/aromatic N) is 1. The Hall–Kier alpha value is -0.0800. The van der Waals surface area contributed by atoms with Gasteiger partial charge in [-0.3, -0.25) is 4.90 Å². The summed E-state index contributed by atoms with van der Waals surface area (Å²) < 4.78 is 0. The molecule has 0 aromatic rings. The van der Waals surface area contributed by atoms with Crippen molar-refractivity contribution in [3.05, 3.63) is 0 Å². The Balaban J connectivity index is 2.11. The highest BCUT2D eigenvalue weighted by Crippen LogP contribution is 2.47. The summed E-state index contributed by atoms with van der Waals surface area (Å²) in [5.41, 5.74) is 7.07. The summed E-state index contributed by atoms with van der Waals surface area (Å²) in [6.07, 6.45) is 9.47. The predicted molar refractivity (Wildman–Crippen MR) is 83.2 cm³/mol. The molecule has 0 radical (unpaired) electrons. The van der Waals surface area contributed by atoms with Gasteiger partial charge in [0.2, 0.25) is 0 Å². The second-order valence-corrected chi connectivity index (χ2v) is 8.23. The van der Waals surface area contributed by atoms with Crippen LogP contribution >= 0.6 is 0 Å². The van der Waals surface area contributed by atoms with Crippen molar-refractivity contribution in [2.75, 3.05) is 13.1 Å². The summed E-state index contributed by atoms with van der Waals surface area (Å²) in [6, 6.07) is 0.844. The van der Waals surface area contributed by atoms with Gasteiger partial charge in [-0.2, -0.15) is 0 Å². The summed E-state index contributed by atoms with van der Waals surface area (Å²) in [5.74, 6) is 0.799. The average Bonchev–Trinajstić information content (AvgIpc) is 3.12. The fraction of sp³-hybridized carbons (Fsp3) is 1.00. The molecule has 2 fully saturated rings. The number of nitrogens with two attached hydrogens (primary N) is 1. The molecule has 2 heteroatoms. The molecule has 0 amide bonds. The van der Waals surface area contributed by atoms with E-state index in [0.29, 0.717) is 11.0 Å². The van der Waals surface area contributed by atoms with Crippen LogP contribution in [0, 0.1) is 11.3 Å². The molecule has 2 saturated carbocycles. The summed E-state index contributed by atoms with van der Waals surface area (Å²) >= 11 is 0. The van der Waals surface area contributed by atoms with Crippen LogP contribution in [-0.2, 0) is 0 Å². The van der Waals surface area contributed by atoms with Crippen molar-refractivity contribution in [3.63, 3.8) is 0 Å². The number of hydrogen-bond donors (Lipinski definition) is 1. The lowest BCUT2D eigenvalue weighted by Crippen LogP contribution is -2.58. The van der Waals surface area contributed by atoms with Gasteiger partial charge in [0.05, 0.1) is 0 Å². The Morgan fingerprint density at radius 3 is 2.37 bits per heavy atom. The van der Waals surface area contributed by atoms with E-state index in [0.717, 1.165) is 18.5 Å². The molecule has 0 aromatic carbocycles. The van der Waals surface area contributed by atoms with Crippen LogP contribution in [-0.4, -0.2) is 29.6 Å². The third-order valence-electron chi connectivity index (χ3n) is 5.23. The Labute approximate surface area is 120 Å². The molecule has 0 spiro atoms. The summed E-state index contributed by atoms with van der Waals surface area (Å²) in [7, 11) is 0. The van der Waals surface area contributed by atoms with E-state index in [1.165, 1.54) is 51.5 Å². The maximum absolute atomic E-state index is 6.29. The van der Waals surface area contributed by atoms with E-state index in [2.05, 4.69) is 32.6 Å². The fourth-order valence-electron chi connectivity index (χ4n) is 4.09. The third-order valence-corrected chi connectivity index (χ3v) is 5.23. The Bertz CT molecular complexity index is 294. The van der Waals surface area contributed by atoms with Gasteiger partial charge in [0, 0.05) is 18.1 Å². The van der Waals surface area contributed by atoms with Gasteiger partial charge in [0.1, 0.15) is 0 Å². The molecule has 2 N–H and O–H groups in total. The van der Waals surface area contributed by atoms with Gasteiger partial charge in [0.15, 0.2) is 0 Å². The lowest BCUT2D eigenvalue weighted by molar-refractivity contribution is 0.00118. The quantitative estimate of drug-likeness (QED) is 0.792. The summed E-state index contributed by atoms with van der Waals surface area (Å²) in [5, 5.41) is 0. The highest BCUT2D eigenvalue weighted by Gasteiger charge is 2.47. The van der Waals surface area contributed by atoms with Gasteiger partial charge in [0.25, 0.3) is 0 Å². The van der Waals surface area contributed by atoms with E-state index < -0.39 is 0 Å². The molecule has 0 heterocycles. The van der Waals surface area contributed by atoms with Crippen molar-refractivity contribution >= 4 is 0 Å². The first-order valence-corrected chi connectivity index (χ1v) is 8.35. The van der Waals surface area contributed by atoms with Gasteiger partial charge in [-0.05, 0) is 56.4 Å². The largest absolute Gasteiger partial charge is 0.329 e. The van der Waals surface area contributed by atoms with Crippen LogP contribution in [0.1, 0.15) is 72.6 Å². The lowest BCUT2D eigenvalue weighted by Gasteiger charge is -2.51. The number of rotatable bonds is 6. The molecule has 0 bridgehead atoms. The molecule has 1 atom stereocenters. The molecule has 1 unspecified atom stereocenters. The minimum absolute atomic E-state index is 0.303. The van der Waals surface area contributed by atoms with Gasteiger partial charge in [-0.1, -0.05) is 34.1 Å². The van der Waals surface area contributed by atoms with Crippen molar-refractivity contribution in [1.82, 2.24) is 4.90 Å². The SMILES string of the molecule is CC(C)CCN(C1CC1)C1(CN)CCCC(C)(C)C1. The van der Waals surface area contributed by atoms with Crippen molar-refractivity contribution in [2.45, 2.75) is 84.2 Å². The predicted octanol–water partition coefficient (Wildman–Crippen LogP) is 3.79. The van der Waals surface area contributed by atoms with Crippen LogP contribution in [0.5, 0.6) is 0 Å². The fourth-order valence-corrected chi connectivity index (χ4v) is 4.09. The molecule has 112 valence electrons. The van der Waals surface area contributed by atoms with E-state index in [1.54, 1.807) is 0 Å². The third kappa shape index (κ3) is 3.72. The Morgan fingerprint density at radius 1 is 1.21 bits per heavy atom. The van der Waals surface area contributed by atoms with Crippen LogP contribution in [0.25, 0.3) is 0 Å². The first-order chi connectivity index (χ1) is 8.88. The molecule has 0 saturated heterocycles. The van der Waals surface area contributed by atoms with Gasteiger partial charge < -0.3 is 5.73 Å². The number of hydrogen-bond acceptors (Lipinski definition) is 2. The molecule has 0 aliphatic heterocycles. The standard InChI is InChI=1S/C17H34N2/c1-14(2)8-11-19(15-6-7-15)17(13-18)10-5-9-16(3,4)12-17/h14-15H,5-13,18H2,1-4H3. The van der Waals surface area contributed by atoms with Crippen LogP contribution in [0.2, 0.25) is 0 Å². The maximum Gasteiger partial charge on any atom is 0.0339 e. The highest BCUT2D eigenvalue weighted by molar-refractivity contribution is 5.04. The van der Waals surface area contributed by atoms with E-state index >= 15 is 0 Å². The van der Waals surface area contributed by atoms with Crippen molar-refractivity contribution in [1.29, 1.82) is 0 Å². The normalized spacial score (nSPS) is 31.1. The lowest BCUT2D eigenvalue weighted by atomic mass is 9.67. The highest BCUT2D eigenvalue weighted by atomic mass is 15.3. The Kier molecular flexibility index (Phi) is 4.62. The maximum atomic E-state index is 6.29. The molecule has 2 aliphatic carbocycles. The first-order valence-electron chi connectivity index (χ1n) is 8.35. The second kappa shape index (κ2) is 5.73. The molecule has 2 nitrogen and oxygen atoms in total. The average molecular weight is 266 g/mol. The zero-order valence-electron chi connectivity index (χ0n) is 13.5. The zero-order valence-corrected chi connectivity index (χ0v) is 13.5. The zero-order chi connectivity index (χ0) is 14.1. The smallest absolute Gasteiger partial charge is 0.0339 e. The van der Waals surface area contributed by atoms with Crippen LogP contribution in [0.3, 0.4) is 0 Å².